The van der Waals surface area contributed by atoms with E-state index >= 15 is 0 Å². The van der Waals surface area contributed by atoms with Crippen LogP contribution in [0.4, 0.5) is 0 Å². The molecular formula is C52H30O2. The van der Waals surface area contributed by atoms with E-state index in [4.69, 9.17) is 8.83 Å². The van der Waals surface area contributed by atoms with Crippen molar-refractivity contribution in [1.29, 1.82) is 0 Å². The summed E-state index contributed by atoms with van der Waals surface area (Å²) in [6.45, 7) is 0. The Morgan fingerprint density at radius 3 is 1.59 bits per heavy atom. The first kappa shape index (κ1) is 29.4. The Kier molecular flexibility index (Phi) is 6.09. The van der Waals surface area contributed by atoms with Crippen molar-refractivity contribution in [2.45, 2.75) is 0 Å². The smallest absolute Gasteiger partial charge is 0.147 e. The highest BCUT2D eigenvalue weighted by Gasteiger charge is 2.23. The first-order valence-corrected chi connectivity index (χ1v) is 18.5. The molecule has 250 valence electrons. The monoisotopic (exact) mass is 686 g/mol. The van der Waals surface area contributed by atoms with Gasteiger partial charge in [0.25, 0.3) is 0 Å². The summed E-state index contributed by atoms with van der Waals surface area (Å²) in [7, 11) is 0. The van der Waals surface area contributed by atoms with Crippen molar-refractivity contribution in [3.8, 4) is 33.4 Å². The number of benzene rings is 10. The van der Waals surface area contributed by atoms with Gasteiger partial charge in [-0.05, 0) is 107 Å². The van der Waals surface area contributed by atoms with Crippen LogP contribution in [0.3, 0.4) is 0 Å². The van der Waals surface area contributed by atoms with Crippen LogP contribution in [-0.4, -0.2) is 0 Å². The van der Waals surface area contributed by atoms with Crippen molar-refractivity contribution in [1.82, 2.24) is 0 Å². The lowest BCUT2D eigenvalue weighted by atomic mass is 9.85. The molecule has 0 N–H and O–H groups in total. The fourth-order valence-corrected chi connectivity index (χ4v) is 9.07. The maximum absolute atomic E-state index is 6.80. The van der Waals surface area contributed by atoms with Crippen molar-refractivity contribution in [3.63, 3.8) is 0 Å². The number of rotatable bonds is 3. The molecule has 12 aromatic rings. The average Bonchev–Trinajstić information content (AvgIpc) is 3.81. The van der Waals surface area contributed by atoms with Gasteiger partial charge in [0.05, 0.1) is 5.39 Å². The molecule has 54 heavy (non-hydrogen) atoms. The lowest BCUT2D eigenvalue weighted by Gasteiger charge is -2.18. The predicted octanol–water partition coefficient (Wildman–Crippen LogP) is 15.1. The molecule has 0 amide bonds. The Bertz CT molecular complexity index is 3450. The van der Waals surface area contributed by atoms with Gasteiger partial charge in [-0.1, -0.05) is 152 Å². The summed E-state index contributed by atoms with van der Waals surface area (Å²) in [5.41, 5.74) is 10.5. The zero-order chi connectivity index (χ0) is 35.3. The van der Waals surface area contributed by atoms with E-state index in [0.717, 1.165) is 60.4 Å². The minimum atomic E-state index is 0.823. The summed E-state index contributed by atoms with van der Waals surface area (Å²) >= 11 is 0. The number of furan rings is 2. The number of hydrogen-bond donors (Lipinski definition) is 0. The van der Waals surface area contributed by atoms with Crippen molar-refractivity contribution in [3.05, 3.63) is 182 Å². The third-order valence-corrected chi connectivity index (χ3v) is 11.4. The Morgan fingerprint density at radius 1 is 0.278 bits per heavy atom. The molecule has 2 aromatic heterocycles. The van der Waals surface area contributed by atoms with Gasteiger partial charge in [0.1, 0.15) is 22.3 Å². The first-order valence-electron chi connectivity index (χ1n) is 18.5. The lowest BCUT2D eigenvalue weighted by molar-refractivity contribution is 0.663. The fourth-order valence-electron chi connectivity index (χ4n) is 9.07. The van der Waals surface area contributed by atoms with E-state index in [-0.39, 0.29) is 0 Å². The van der Waals surface area contributed by atoms with E-state index in [1.807, 2.05) is 6.07 Å². The molecule has 0 spiro atoms. The molecule has 2 heterocycles. The van der Waals surface area contributed by atoms with E-state index in [1.54, 1.807) is 0 Å². The molecule has 0 unspecified atom stereocenters. The van der Waals surface area contributed by atoms with Gasteiger partial charge in [-0.2, -0.15) is 0 Å². The summed E-state index contributed by atoms with van der Waals surface area (Å²) in [4.78, 5) is 0. The van der Waals surface area contributed by atoms with Gasteiger partial charge < -0.3 is 8.83 Å². The third-order valence-electron chi connectivity index (χ3n) is 11.4. The Morgan fingerprint density at radius 2 is 0.852 bits per heavy atom. The molecule has 0 saturated heterocycles. The van der Waals surface area contributed by atoms with Crippen LogP contribution in [0.5, 0.6) is 0 Å². The third kappa shape index (κ3) is 4.17. The van der Waals surface area contributed by atoms with E-state index < -0.39 is 0 Å². The van der Waals surface area contributed by atoms with E-state index in [9.17, 15) is 0 Å². The maximum Gasteiger partial charge on any atom is 0.147 e. The zero-order valence-corrected chi connectivity index (χ0v) is 29.1. The molecule has 0 saturated carbocycles. The van der Waals surface area contributed by atoms with Gasteiger partial charge in [-0.15, -0.1) is 0 Å². The molecule has 10 aromatic carbocycles. The van der Waals surface area contributed by atoms with Gasteiger partial charge >= 0.3 is 0 Å². The van der Waals surface area contributed by atoms with E-state index in [1.165, 1.54) is 60.0 Å². The topological polar surface area (TPSA) is 26.3 Å². The summed E-state index contributed by atoms with van der Waals surface area (Å²) in [5, 5.41) is 14.1. The SMILES string of the molecule is c1cc(-c2c3ccccc3c(-c3ccc4ccccc4c3)c3ccccc23)cc(-c2cc3oc4ccc5ccccc5c4c3c3oc4ccccc4c23)c1. The molecule has 0 aliphatic heterocycles. The van der Waals surface area contributed by atoms with Crippen LogP contribution >= 0.6 is 0 Å². The molecule has 2 heteroatoms. The van der Waals surface area contributed by atoms with Gasteiger partial charge in [0.15, 0.2) is 0 Å². The lowest BCUT2D eigenvalue weighted by Crippen LogP contribution is -1.91. The van der Waals surface area contributed by atoms with Crippen LogP contribution < -0.4 is 0 Å². The molecule has 12 rings (SSSR count). The molecule has 0 aliphatic carbocycles. The zero-order valence-electron chi connectivity index (χ0n) is 29.1. The number of hydrogen-bond acceptors (Lipinski definition) is 2. The van der Waals surface area contributed by atoms with Gasteiger partial charge in [-0.3, -0.25) is 0 Å². The van der Waals surface area contributed by atoms with Crippen LogP contribution in [0.15, 0.2) is 191 Å². The van der Waals surface area contributed by atoms with Crippen molar-refractivity contribution in [2.75, 3.05) is 0 Å². The van der Waals surface area contributed by atoms with Gasteiger partial charge in [0.2, 0.25) is 0 Å². The molecule has 0 atom stereocenters. The fraction of sp³-hybridized carbons (Fsp3) is 0. The molecule has 2 nitrogen and oxygen atoms in total. The second kappa shape index (κ2) is 11.2. The van der Waals surface area contributed by atoms with E-state index in [2.05, 4.69) is 176 Å². The first-order chi connectivity index (χ1) is 26.8. The summed E-state index contributed by atoms with van der Waals surface area (Å²) in [5.74, 6) is 0. The van der Waals surface area contributed by atoms with Gasteiger partial charge in [-0.25, -0.2) is 0 Å². The molecule has 0 radical (unpaired) electrons. The summed E-state index contributed by atoms with van der Waals surface area (Å²) in [6.07, 6.45) is 0. The maximum atomic E-state index is 6.80. The van der Waals surface area contributed by atoms with Crippen molar-refractivity contribution in [2.24, 2.45) is 0 Å². The Labute approximate surface area is 310 Å². The quantitative estimate of drug-likeness (QED) is 0.173. The Hall–Kier alpha value is -7.16. The summed E-state index contributed by atoms with van der Waals surface area (Å²) in [6, 6.07) is 65.6. The Balaban J connectivity index is 1.14. The van der Waals surface area contributed by atoms with Crippen LogP contribution in [0.2, 0.25) is 0 Å². The molecule has 0 fully saturated rings. The summed E-state index contributed by atoms with van der Waals surface area (Å²) < 4.78 is 13.5. The minimum absolute atomic E-state index is 0.823. The van der Waals surface area contributed by atoms with Gasteiger partial charge in [0, 0.05) is 16.2 Å². The largest absolute Gasteiger partial charge is 0.456 e. The van der Waals surface area contributed by atoms with Crippen molar-refractivity contribution < 1.29 is 8.83 Å². The highest BCUT2D eigenvalue weighted by Crippen LogP contribution is 2.48. The highest BCUT2D eigenvalue weighted by atomic mass is 16.3. The van der Waals surface area contributed by atoms with Crippen LogP contribution in [0, 0.1) is 0 Å². The van der Waals surface area contributed by atoms with Crippen LogP contribution in [-0.2, 0) is 0 Å². The second-order valence-electron chi connectivity index (χ2n) is 14.3. The minimum Gasteiger partial charge on any atom is -0.456 e. The standard InChI is InChI=1S/C52H30O2/c1-2-14-33-28-36(25-24-31(33)12-1)48-40-20-7-5-18-38(40)47(39-19-6-8-21-41(39)48)35-16-11-15-34(29-35)43-30-46-51(52-49(43)42-22-9-10-23-44(42)54-52)50-37-17-4-3-13-32(37)26-27-45(50)53-46/h1-30H. The molecule has 0 aliphatic rings. The van der Waals surface area contributed by atoms with Crippen LogP contribution in [0.1, 0.15) is 0 Å². The molecular weight excluding hydrogens is 657 g/mol. The normalized spacial score (nSPS) is 12.1. The predicted molar refractivity (Wildman–Crippen MR) is 227 cm³/mol. The van der Waals surface area contributed by atoms with Crippen molar-refractivity contribution >= 4 is 87.0 Å². The number of para-hydroxylation sites is 1. The molecule has 0 bridgehead atoms. The second-order valence-corrected chi connectivity index (χ2v) is 14.3. The average molecular weight is 687 g/mol. The highest BCUT2D eigenvalue weighted by molar-refractivity contribution is 6.30. The number of fused-ring (bicyclic) bond motifs is 12. The van der Waals surface area contributed by atoms with Crippen LogP contribution in [0.25, 0.3) is 120 Å². The van der Waals surface area contributed by atoms with E-state index in [0.29, 0.717) is 0 Å².